The number of hydrogen-bond donors (Lipinski definition) is 4. The van der Waals surface area contributed by atoms with Gasteiger partial charge in [-0.2, -0.15) is 0 Å². The first kappa shape index (κ1) is 23.6. The number of benzene rings is 2. The molecule has 1 fully saturated rings. The van der Waals surface area contributed by atoms with Gasteiger partial charge in [0.25, 0.3) is 15.9 Å². The van der Waals surface area contributed by atoms with Gasteiger partial charge in [0.05, 0.1) is 21.5 Å². The van der Waals surface area contributed by atoms with Gasteiger partial charge >= 0.3 is 11.7 Å². The lowest BCUT2D eigenvalue weighted by Gasteiger charge is -2.24. The molecule has 3 aromatic rings. The number of H-pyrrole nitrogens is 2. The molecule has 0 radical (unpaired) electrons. The molecule has 1 atom stereocenters. The largest absolute Gasteiger partial charge is 0.449 e. The van der Waals surface area contributed by atoms with Crippen molar-refractivity contribution in [3.8, 4) is 0 Å². The van der Waals surface area contributed by atoms with Crippen molar-refractivity contribution >= 4 is 38.6 Å². The lowest BCUT2D eigenvalue weighted by atomic mass is 9.95. The minimum Gasteiger partial charge on any atom is -0.449 e. The molecule has 0 spiro atoms. The van der Waals surface area contributed by atoms with E-state index >= 15 is 0 Å². The summed E-state index contributed by atoms with van der Waals surface area (Å²) in [5.74, 6) is -1.01. The number of imidazole rings is 1. The van der Waals surface area contributed by atoms with Crippen molar-refractivity contribution in [2.45, 2.75) is 56.1 Å². The zero-order chi connectivity index (χ0) is 24.3. The van der Waals surface area contributed by atoms with Crippen molar-refractivity contribution in [2.24, 2.45) is 0 Å². The molecule has 180 valence electrons. The molecule has 0 bridgehead atoms. The summed E-state index contributed by atoms with van der Waals surface area (Å²) in [5.41, 5.74) is 0.857. The van der Waals surface area contributed by atoms with Crippen LogP contribution in [0.2, 0.25) is 0 Å². The molecule has 34 heavy (non-hydrogen) atoms. The quantitative estimate of drug-likeness (QED) is 0.377. The molecule has 1 aromatic heterocycles. The van der Waals surface area contributed by atoms with Crippen LogP contribution in [-0.2, 0) is 19.6 Å². The second-order valence-corrected chi connectivity index (χ2v) is 10.0. The molecule has 1 aliphatic carbocycles. The van der Waals surface area contributed by atoms with Crippen molar-refractivity contribution in [1.29, 1.82) is 0 Å². The number of aromatic amines is 2. The van der Waals surface area contributed by atoms with Crippen LogP contribution < -0.4 is 15.7 Å². The van der Waals surface area contributed by atoms with Crippen molar-refractivity contribution in [1.82, 2.24) is 15.3 Å². The first-order valence-corrected chi connectivity index (χ1v) is 12.6. The highest BCUT2D eigenvalue weighted by molar-refractivity contribution is 7.92. The molecule has 1 unspecified atom stereocenters. The lowest BCUT2D eigenvalue weighted by Crippen LogP contribution is -2.42. The molecule has 0 saturated heterocycles. The summed E-state index contributed by atoms with van der Waals surface area (Å²) in [6.45, 7) is 1.52. The number of amides is 1. The smallest absolute Gasteiger partial charge is 0.338 e. The summed E-state index contributed by atoms with van der Waals surface area (Å²) in [5, 5.41) is 2.92. The number of sulfonamides is 1. The van der Waals surface area contributed by atoms with Gasteiger partial charge in [0, 0.05) is 11.7 Å². The highest BCUT2D eigenvalue weighted by Gasteiger charge is 2.23. The van der Waals surface area contributed by atoms with Crippen molar-refractivity contribution in [3.63, 3.8) is 0 Å². The first-order valence-electron chi connectivity index (χ1n) is 11.1. The van der Waals surface area contributed by atoms with Gasteiger partial charge in [-0.1, -0.05) is 19.3 Å². The van der Waals surface area contributed by atoms with Gasteiger partial charge in [0.1, 0.15) is 0 Å². The van der Waals surface area contributed by atoms with Gasteiger partial charge in [0.2, 0.25) is 0 Å². The second-order valence-electron chi connectivity index (χ2n) is 8.36. The monoisotopic (exact) mass is 486 g/mol. The minimum atomic E-state index is -3.93. The molecular formula is C23H26N4O6S. The zero-order valence-corrected chi connectivity index (χ0v) is 19.4. The van der Waals surface area contributed by atoms with E-state index < -0.39 is 27.8 Å². The van der Waals surface area contributed by atoms with Crippen molar-refractivity contribution < 1.29 is 22.7 Å². The number of hydrogen-bond acceptors (Lipinski definition) is 6. The van der Waals surface area contributed by atoms with Crippen LogP contribution >= 0.6 is 0 Å². The Morgan fingerprint density at radius 2 is 1.68 bits per heavy atom. The Kier molecular flexibility index (Phi) is 6.73. The molecule has 4 rings (SSSR count). The minimum absolute atomic E-state index is 0.0310. The number of carbonyl (C=O) groups is 2. The Balaban J connectivity index is 1.37. The Labute approximate surface area is 196 Å². The van der Waals surface area contributed by atoms with Crippen molar-refractivity contribution in [3.05, 3.63) is 58.5 Å². The highest BCUT2D eigenvalue weighted by atomic mass is 32.2. The fourth-order valence-corrected chi connectivity index (χ4v) is 5.00. The molecule has 4 N–H and O–H groups in total. The average Bonchev–Trinajstić information content (AvgIpc) is 3.19. The number of esters is 1. The number of ether oxygens (including phenoxy) is 1. The normalized spacial score (nSPS) is 15.6. The molecule has 1 heterocycles. The van der Waals surface area contributed by atoms with Crippen molar-refractivity contribution in [2.75, 3.05) is 4.72 Å². The SMILES string of the molecule is CC(OC(=O)c1ccc(NS(=O)(=O)c2ccc3[nH]c(=O)[nH]c3c2)cc1)C(=O)NC1CCCCC1. The van der Waals surface area contributed by atoms with E-state index in [1.807, 2.05) is 0 Å². The average molecular weight is 487 g/mol. The topological polar surface area (TPSA) is 150 Å². The zero-order valence-electron chi connectivity index (χ0n) is 18.6. The first-order chi connectivity index (χ1) is 16.2. The predicted octanol–water partition coefficient (Wildman–Crippen LogP) is 2.65. The Hall–Kier alpha value is -3.60. The molecule has 1 saturated carbocycles. The third-order valence-electron chi connectivity index (χ3n) is 5.78. The standard InChI is InChI=1S/C23H26N4O6S/c1-14(21(28)24-16-5-3-2-4-6-16)33-22(29)15-7-9-17(10-8-15)27-34(31,32)18-11-12-19-20(13-18)26-23(30)25-19/h7-14,16,27H,2-6H2,1H3,(H,24,28)(H2,25,26,30). The van der Waals surface area contributed by atoms with E-state index in [2.05, 4.69) is 20.0 Å². The summed E-state index contributed by atoms with van der Waals surface area (Å²) >= 11 is 0. The van der Waals surface area contributed by atoms with E-state index in [9.17, 15) is 22.8 Å². The Bertz CT molecular complexity index is 1350. The fraction of sp³-hybridized carbons (Fsp3) is 0.348. The summed E-state index contributed by atoms with van der Waals surface area (Å²) in [4.78, 5) is 41.2. The summed E-state index contributed by atoms with van der Waals surface area (Å²) in [7, 11) is -3.93. The summed E-state index contributed by atoms with van der Waals surface area (Å²) in [6, 6.07) is 10.0. The van der Waals surface area contributed by atoms with E-state index in [4.69, 9.17) is 4.74 Å². The molecule has 11 heteroatoms. The van der Waals surface area contributed by atoms with E-state index in [1.54, 1.807) is 0 Å². The third-order valence-corrected chi connectivity index (χ3v) is 7.15. The number of anilines is 1. The molecule has 1 aliphatic rings. The Morgan fingerprint density at radius 1 is 1.00 bits per heavy atom. The van der Waals surface area contributed by atoms with Crippen LogP contribution in [0.15, 0.2) is 52.2 Å². The van der Waals surface area contributed by atoms with Crippen LogP contribution in [0, 0.1) is 0 Å². The molecule has 2 aromatic carbocycles. The Morgan fingerprint density at radius 3 is 2.38 bits per heavy atom. The number of nitrogens with one attached hydrogen (secondary N) is 4. The van der Waals surface area contributed by atoms with E-state index in [1.165, 1.54) is 55.8 Å². The third kappa shape index (κ3) is 5.48. The maximum absolute atomic E-state index is 12.7. The van der Waals surface area contributed by atoms with E-state index in [-0.39, 0.29) is 28.1 Å². The summed E-state index contributed by atoms with van der Waals surface area (Å²) in [6.07, 6.45) is 4.25. The van der Waals surface area contributed by atoms with Crippen LogP contribution in [0.3, 0.4) is 0 Å². The molecule has 10 nitrogen and oxygen atoms in total. The van der Waals surface area contributed by atoms with E-state index in [0.717, 1.165) is 25.7 Å². The van der Waals surface area contributed by atoms with Crippen LogP contribution in [0.4, 0.5) is 5.69 Å². The number of rotatable bonds is 7. The molecule has 1 amide bonds. The van der Waals surface area contributed by atoms with E-state index in [0.29, 0.717) is 11.0 Å². The maximum Gasteiger partial charge on any atom is 0.338 e. The molecule has 0 aliphatic heterocycles. The number of carbonyl (C=O) groups excluding carboxylic acids is 2. The maximum atomic E-state index is 12.7. The second kappa shape index (κ2) is 9.72. The lowest BCUT2D eigenvalue weighted by molar-refractivity contribution is -0.130. The number of aromatic nitrogens is 2. The fourth-order valence-electron chi connectivity index (χ4n) is 3.91. The van der Waals surface area contributed by atoms with Gasteiger partial charge < -0.3 is 20.0 Å². The van der Waals surface area contributed by atoms with Gasteiger partial charge in [0.15, 0.2) is 6.10 Å². The van der Waals surface area contributed by atoms with Crippen LogP contribution in [0.5, 0.6) is 0 Å². The van der Waals surface area contributed by atoms with Crippen LogP contribution in [0.1, 0.15) is 49.4 Å². The van der Waals surface area contributed by atoms with Gasteiger partial charge in [-0.05, 0) is 62.2 Å². The molecular weight excluding hydrogens is 460 g/mol. The number of fused-ring (bicyclic) bond motifs is 1. The van der Waals surface area contributed by atoms with Crippen LogP contribution in [-0.4, -0.2) is 42.4 Å². The van der Waals surface area contributed by atoms with Gasteiger partial charge in [-0.3, -0.25) is 9.52 Å². The summed E-state index contributed by atoms with van der Waals surface area (Å²) < 4.78 is 33.1. The highest BCUT2D eigenvalue weighted by Crippen LogP contribution is 2.20. The predicted molar refractivity (Wildman–Crippen MR) is 126 cm³/mol. The van der Waals surface area contributed by atoms with Gasteiger partial charge in [-0.15, -0.1) is 0 Å². The van der Waals surface area contributed by atoms with Crippen LogP contribution in [0.25, 0.3) is 11.0 Å². The van der Waals surface area contributed by atoms with Gasteiger partial charge in [-0.25, -0.2) is 18.0 Å².